The molecular formula is C23H15F4IN2O. The van der Waals surface area contributed by atoms with Crippen molar-refractivity contribution in [3.8, 4) is 0 Å². The predicted octanol–water partition coefficient (Wildman–Crippen LogP) is 6.06. The highest BCUT2D eigenvalue weighted by molar-refractivity contribution is 14.1. The van der Waals surface area contributed by atoms with Crippen LogP contribution in [0.25, 0.3) is 0 Å². The maximum atomic E-state index is 13.0. The minimum Gasteiger partial charge on any atom is -0.298 e. The first kappa shape index (κ1) is 22.8. The van der Waals surface area contributed by atoms with Crippen molar-refractivity contribution in [2.75, 3.05) is 0 Å². The van der Waals surface area contributed by atoms with Crippen molar-refractivity contribution in [2.24, 2.45) is 9.98 Å². The molecular weight excluding hydrogens is 523 g/mol. The lowest BCUT2D eigenvalue weighted by Crippen LogP contribution is -1.91. The fourth-order valence-electron chi connectivity index (χ4n) is 2.86. The molecule has 8 heteroatoms. The first-order chi connectivity index (χ1) is 14.9. The molecule has 2 heterocycles. The molecule has 0 aromatic heterocycles. The van der Waals surface area contributed by atoms with Gasteiger partial charge < -0.3 is 0 Å². The third kappa shape index (κ3) is 5.43. The van der Waals surface area contributed by atoms with E-state index in [4.69, 9.17) is 0 Å². The maximum absolute atomic E-state index is 13.0. The molecule has 0 bridgehead atoms. The molecule has 0 atom stereocenters. The van der Waals surface area contributed by atoms with E-state index in [9.17, 15) is 22.4 Å². The van der Waals surface area contributed by atoms with Crippen LogP contribution in [0.2, 0.25) is 0 Å². The summed E-state index contributed by atoms with van der Waals surface area (Å²) >= 11 is 2.12. The molecule has 31 heavy (non-hydrogen) atoms. The molecule has 3 aromatic rings. The molecule has 0 spiro atoms. The Morgan fingerprint density at radius 3 is 2.10 bits per heavy atom. The highest BCUT2D eigenvalue weighted by Gasteiger charge is 2.16. The van der Waals surface area contributed by atoms with Crippen molar-refractivity contribution < 1.29 is 22.4 Å². The molecule has 0 aliphatic carbocycles. The van der Waals surface area contributed by atoms with Crippen LogP contribution in [0.1, 0.15) is 32.6 Å². The third-order valence-corrected chi connectivity index (χ3v) is 5.38. The number of carbonyl (C=O) groups is 1. The van der Waals surface area contributed by atoms with E-state index in [0.717, 1.165) is 32.0 Å². The molecule has 3 aromatic carbocycles. The van der Waals surface area contributed by atoms with Gasteiger partial charge in [-0.25, -0.2) is 17.6 Å². The lowest BCUT2D eigenvalue weighted by molar-refractivity contribution is 0.111. The molecule has 0 fully saturated rings. The largest absolute Gasteiger partial charge is 0.298 e. The van der Waals surface area contributed by atoms with E-state index in [2.05, 4.69) is 32.6 Å². The van der Waals surface area contributed by atoms with E-state index in [1.54, 1.807) is 18.3 Å². The van der Waals surface area contributed by atoms with E-state index in [1.807, 2.05) is 12.1 Å². The molecule has 5 rings (SSSR count). The van der Waals surface area contributed by atoms with Crippen LogP contribution in [0.4, 0.5) is 17.6 Å². The summed E-state index contributed by atoms with van der Waals surface area (Å²) in [4.78, 5) is 18.0. The van der Waals surface area contributed by atoms with Crippen molar-refractivity contribution in [1.82, 2.24) is 0 Å². The normalized spacial score (nSPS) is 12.6. The van der Waals surface area contributed by atoms with Crippen LogP contribution >= 0.6 is 22.6 Å². The van der Waals surface area contributed by atoms with Gasteiger partial charge in [-0.1, -0.05) is 30.3 Å². The Morgan fingerprint density at radius 2 is 1.45 bits per heavy atom. The van der Waals surface area contributed by atoms with Gasteiger partial charge in [0.2, 0.25) is 0 Å². The number of hydrogen-bond acceptors (Lipinski definition) is 3. The zero-order chi connectivity index (χ0) is 22.4. The second kappa shape index (κ2) is 10.4. The maximum Gasteiger partial charge on any atom is 0.169 e. The van der Waals surface area contributed by atoms with Crippen LogP contribution < -0.4 is 0 Å². The first-order valence-corrected chi connectivity index (χ1v) is 10.1. The summed E-state index contributed by atoms with van der Waals surface area (Å²) in [6.45, 7) is 1.00. The molecule has 158 valence electrons. The number of aliphatic imine (C=N–C) groups is 2. The Bertz CT molecular complexity index is 1170. The summed E-state index contributed by atoms with van der Waals surface area (Å²) in [6.07, 6.45) is 1.98. The quantitative estimate of drug-likeness (QED) is 0.211. The van der Waals surface area contributed by atoms with Crippen molar-refractivity contribution in [3.05, 3.63) is 106 Å². The molecule has 2 aliphatic heterocycles. The standard InChI is InChI=1S/C8H5FIN.C8H6FN.C7H4F2O/c9-7-3-1-2-5-6(7)4-11-8(5)10;9-8-3-1-2-6-4-10-5-7(6)8;8-6-3-1-2-5(4-10)7(6)9/h1-3H,4H2;1-4H,5H2;1-4H. The van der Waals surface area contributed by atoms with Crippen LogP contribution in [-0.4, -0.2) is 16.2 Å². The van der Waals surface area contributed by atoms with Crippen molar-refractivity contribution in [1.29, 1.82) is 0 Å². The Kier molecular flexibility index (Phi) is 7.67. The Hall–Kier alpha value is -2.88. The van der Waals surface area contributed by atoms with E-state index in [1.165, 1.54) is 24.3 Å². The van der Waals surface area contributed by atoms with Crippen LogP contribution in [0.5, 0.6) is 0 Å². The highest BCUT2D eigenvalue weighted by atomic mass is 127. The molecule has 0 unspecified atom stereocenters. The minimum absolute atomic E-state index is 0.141. The summed E-state index contributed by atoms with van der Waals surface area (Å²) in [7, 11) is 0. The zero-order valence-corrected chi connectivity index (χ0v) is 18.1. The number of nitrogens with zero attached hydrogens (tertiary/aromatic N) is 2. The lowest BCUT2D eigenvalue weighted by Gasteiger charge is -1.97. The van der Waals surface area contributed by atoms with Crippen molar-refractivity contribution in [3.63, 3.8) is 0 Å². The zero-order valence-electron chi connectivity index (χ0n) is 16.0. The second-order valence-electron chi connectivity index (χ2n) is 6.41. The monoisotopic (exact) mass is 538 g/mol. The topological polar surface area (TPSA) is 41.8 Å². The SMILES string of the molecule is Fc1cccc2c1CN=C2.Fc1cccc2c1CN=C2I.O=Cc1cccc(F)c1F. The van der Waals surface area contributed by atoms with Crippen LogP contribution in [0.3, 0.4) is 0 Å². The average Bonchev–Trinajstić information content (AvgIpc) is 3.40. The Balaban J connectivity index is 0.000000132. The number of aldehydes is 1. The van der Waals surface area contributed by atoms with Crippen molar-refractivity contribution >= 4 is 38.8 Å². The smallest absolute Gasteiger partial charge is 0.169 e. The first-order valence-electron chi connectivity index (χ1n) is 9.06. The van der Waals surface area contributed by atoms with Gasteiger partial charge in [0.25, 0.3) is 0 Å². The molecule has 0 saturated heterocycles. The van der Waals surface area contributed by atoms with Gasteiger partial charge in [0.15, 0.2) is 17.9 Å². The lowest BCUT2D eigenvalue weighted by atomic mass is 10.1. The number of halogens is 5. The average molecular weight is 538 g/mol. The van der Waals surface area contributed by atoms with Crippen LogP contribution in [0.15, 0.2) is 64.6 Å². The van der Waals surface area contributed by atoms with Crippen molar-refractivity contribution in [2.45, 2.75) is 13.1 Å². The summed E-state index contributed by atoms with van der Waals surface area (Å²) in [6, 6.07) is 13.6. The van der Waals surface area contributed by atoms with Crippen LogP contribution in [0, 0.1) is 23.3 Å². The van der Waals surface area contributed by atoms with Gasteiger partial charge in [0, 0.05) is 28.5 Å². The van der Waals surface area contributed by atoms with Gasteiger partial charge in [-0.3, -0.25) is 14.8 Å². The molecule has 0 N–H and O–H groups in total. The third-order valence-electron chi connectivity index (χ3n) is 4.46. The Labute approximate surface area is 189 Å². The molecule has 0 saturated carbocycles. The number of hydrogen-bond donors (Lipinski definition) is 0. The number of carbonyl (C=O) groups excluding carboxylic acids is 1. The van der Waals surface area contributed by atoms with E-state index in [0.29, 0.717) is 13.1 Å². The van der Waals surface area contributed by atoms with E-state index >= 15 is 0 Å². The minimum atomic E-state index is -1.09. The van der Waals surface area contributed by atoms with Gasteiger partial charge >= 0.3 is 0 Å². The number of fused-ring (bicyclic) bond motifs is 2. The molecule has 0 amide bonds. The highest BCUT2D eigenvalue weighted by Crippen LogP contribution is 2.24. The van der Waals surface area contributed by atoms with Gasteiger partial charge in [0.05, 0.1) is 18.7 Å². The molecule has 3 nitrogen and oxygen atoms in total. The summed E-state index contributed by atoms with van der Waals surface area (Å²) < 4.78 is 51.3. The van der Waals surface area contributed by atoms with Gasteiger partial charge in [-0.2, -0.15) is 0 Å². The fraction of sp³-hybridized carbons (Fsp3) is 0.0870. The molecule has 2 aliphatic rings. The fourth-order valence-corrected chi connectivity index (χ4v) is 3.53. The van der Waals surface area contributed by atoms with Crippen LogP contribution in [-0.2, 0) is 13.1 Å². The second-order valence-corrected chi connectivity index (χ2v) is 7.43. The van der Waals surface area contributed by atoms with E-state index in [-0.39, 0.29) is 23.5 Å². The van der Waals surface area contributed by atoms with Gasteiger partial charge in [-0.15, -0.1) is 0 Å². The summed E-state index contributed by atoms with van der Waals surface area (Å²) in [5.74, 6) is -2.37. The summed E-state index contributed by atoms with van der Waals surface area (Å²) in [5, 5.41) is 0. The summed E-state index contributed by atoms with van der Waals surface area (Å²) in [5.41, 5.74) is 3.07. The van der Waals surface area contributed by atoms with Gasteiger partial charge in [0.1, 0.15) is 15.4 Å². The van der Waals surface area contributed by atoms with E-state index < -0.39 is 11.6 Å². The van der Waals surface area contributed by atoms with Gasteiger partial charge in [-0.05, 0) is 46.9 Å². The Morgan fingerprint density at radius 1 is 0.806 bits per heavy atom. The predicted molar refractivity (Wildman–Crippen MR) is 120 cm³/mol. The molecule has 0 radical (unpaired) electrons. The number of benzene rings is 3. The number of rotatable bonds is 1.